The maximum Gasteiger partial charge on any atom is 0.216 e. The van der Waals surface area contributed by atoms with E-state index in [9.17, 15) is 19.4 Å². The molecule has 0 aliphatic heterocycles. The molecule has 3 N–H and O–H groups in total. The predicted octanol–water partition coefficient (Wildman–Crippen LogP) is 1.40. The van der Waals surface area contributed by atoms with E-state index in [1.807, 2.05) is 0 Å². The van der Waals surface area contributed by atoms with E-state index in [-0.39, 0.29) is 29.5 Å². The van der Waals surface area contributed by atoms with Gasteiger partial charge in [0.1, 0.15) is 11.9 Å². The summed E-state index contributed by atoms with van der Waals surface area (Å²) in [5.74, 6) is -0.900. The van der Waals surface area contributed by atoms with E-state index in [0.717, 1.165) is 6.07 Å². The van der Waals surface area contributed by atoms with E-state index in [1.54, 1.807) is 0 Å². The van der Waals surface area contributed by atoms with Gasteiger partial charge in [-0.15, -0.1) is 0 Å². The van der Waals surface area contributed by atoms with Crippen molar-refractivity contribution in [2.24, 2.45) is 0 Å². The third kappa shape index (κ3) is 4.25. The van der Waals surface area contributed by atoms with Gasteiger partial charge < -0.3 is 15.5 Å². The van der Waals surface area contributed by atoms with E-state index in [2.05, 4.69) is 5.32 Å². The van der Waals surface area contributed by atoms with E-state index in [1.165, 1.54) is 19.1 Å². The highest BCUT2D eigenvalue weighted by atomic mass is 35.5. The van der Waals surface area contributed by atoms with Crippen LogP contribution in [0.25, 0.3) is 0 Å². The molecule has 2 unspecified atom stereocenters. The first-order chi connectivity index (χ1) is 8.41. The highest BCUT2D eigenvalue weighted by Gasteiger charge is 2.21. The summed E-state index contributed by atoms with van der Waals surface area (Å²) < 4.78 is 13.5. The number of carbonyl (C=O) groups is 1. The Morgan fingerprint density at radius 1 is 1.50 bits per heavy atom. The van der Waals surface area contributed by atoms with Gasteiger partial charge in [-0.3, -0.25) is 4.79 Å². The second kappa shape index (κ2) is 6.68. The number of aliphatic hydroxyl groups excluding tert-OH is 2. The van der Waals surface area contributed by atoms with Gasteiger partial charge in [-0.05, 0) is 18.6 Å². The number of carbonyl (C=O) groups excluding carboxylic acids is 1. The third-order valence-electron chi connectivity index (χ3n) is 2.46. The van der Waals surface area contributed by atoms with Crippen LogP contribution >= 0.6 is 11.6 Å². The van der Waals surface area contributed by atoms with Gasteiger partial charge in [0, 0.05) is 24.1 Å². The van der Waals surface area contributed by atoms with Crippen LogP contribution in [0.2, 0.25) is 5.02 Å². The van der Waals surface area contributed by atoms with Gasteiger partial charge in [-0.2, -0.15) is 0 Å². The maximum atomic E-state index is 13.5. The van der Waals surface area contributed by atoms with Gasteiger partial charge in [-0.25, -0.2) is 4.39 Å². The first kappa shape index (κ1) is 14.9. The van der Waals surface area contributed by atoms with Crippen molar-refractivity contribution in [1.82, 2.24) is 5.32 Å². The summed E-state index contributed by atoms with van der Waals surface area (Å²) in [6, 6.07) is 3.83. The minimum atomic E-state index is -1.35. The van der Waals surface area contributed by atoms with Crippen LogP contribution in [0, 0.1) is 5.82 Å². The number of benzene rings is 1. The second-order valence-electron chi connectivity index (χ2n) is 3.95. The number of nitrogens with one attached hydrogen (secondary N) is 1. The average Bonchev–Trinajstić information content (AvgIpc) is 2.27. The first-order valence-electron chi connectivity index (χ1n) is 5.47. The van der Waals surface area contributed by atoms with Crippen LogP contribution in [-0.4, -0.2) is 28.8 Å². The molecule has 0 aliphatic carbocycles. The van der Waals surface area contributed by atoms with Crippen molar-refractivity contribution in [3.8, 4) is 0 Å². The Morgan fingerprint density at radius 2 is 2.17 bits per heavy atom. The molecule has 0 bridgehead atoms. The van der Waals surface area contributed by atoms with Crippen LogP contribution in [-0.2, 0) is 4.79 Å². The van der Waals surface area contributed by atoms with Crippen molar-refractivity contribution in [3.05, 3.63) is 34.6 Å². The topological polar surface area (TPSA) is 69.6 Å². The molecule has 6 heteroatoms. The van der Waals surface area contributed by atoms with Crippen molar-refractivity contribution in [1.29, 1.82) is 0 Å². The van der Waals surface area contributed by atoms with Crippen LogP contribution in [0.3, 0.4) is 0 Å². The summed E-state index contributed by atoms with van der Waals surface area (Å²) in [7, 11) is 0. The number of rotatable bonds is 5. The standard InChI is InChI=1S/C12H15ClFNO3/c1-7(16)15-5-4-11(17)12(18)9-3-2-8(13)6-10(9)14/h2-3,6,11-12,17-18H,4-5H2,1H3,(H,15,16). The third-order valence-corrected chi connectivity index (χ3v) is 2.69. The average molecular weight is 276 g/mol. The normalized spacial score (nSPS) is 14.1. The van der Waals surface area contributed by atoms with Gasteiger partial charge in [0.25, 0.3) is 0 Å². The molecule has 0 saturated heterocycles. The Bertz CT molecular complexity index is 428. The molecule has 100 valence electrons. The Kier molecular flexibility index (Phi) is 5.53. The summed E-state index contributed by atoms with van der Waals surface area (Å²) in [5.41, 5.74) is -0.0188. The fourth-order valence-corrected chi connectivity index (χ4v) is 1.66. The number of halogens is 2. The highest BCUT2D eigenvalue weighted by Crippen LogP contribution is 2.24. The van der Waals surface area contributed by atoms with Crippen LogP contribution < -0.4 is 5.32 Å². The summed E-state index contributed by atoms with van der Waals surface area (Å²) in [6.07, 6.45) is -2.38. The summed E-state index contributed by atoms with van der Waals surface area (Å²) in [4.78, 5) is 10.6. The molecule has 1 aromatic rings. The lowest BCUT2D eigenvalue weighted by Gasteiger charge is -2.18. The van der Waals surface area contributed by atoms with Crippen LogP contribution in [0.5, 0.6) is 0 Å². The zero-order valence-corrected chi connectivity index (χ0v) is 10.6. The van der Waals surface area contributed by atoms with Gasteiger partial charge in [0.05, 0.1) is 6.10 Å². The van der Waals surface area contributed by atoms with Crippen LogP contribution in [0.15, 0.2) is 18.2 Å². The molecule has 1 rings (SSSR count). The molecule has 0 fully saturated rings. The summed E-state index contributed by atoms with van der Waals surface area (Å²) >= 11 is 5.59. The van der Waals surface area contributed by atoms with Gasteiger partial charge in [0.2, 0.25) is 5.91 Å². The lowest BCUT2D eigenvalue weighted by Crippen LogP contribution is -2.28. The lowest BCUT2D eigenvalue weighted by atomic mass is 10.0. The SMILES string of the molecule is CC(=O)NCCC(O)C(O)c1ccc(Cl)cc1F. The molecule has 1 aromatic carbocycles. The number of hydrogen-bond acceptors (Lipinski definition) is 3. The van der Waals surface area contributed by atoms with Gasteiger partial charge in [0.15, 0.2) is 0 Å². The van der Waals surface area contributed by atoms with Crippen LogP contribution in [0.4, 0.5) is 4.39 Å². The van der Waals surface area contributed by atoms with Crippen molar-refractivity contribution >= 4 is 17.5 Å². The fraction of sp³-hybridized carbons (Fsp3) is 0.417. The Hall–Kier alpha value is -1.17. The summed E-state index contributed by atoms with van der Waals surface area (Å²) in [6.45, 7) is 1.56. The smallest absolute Gasteiger partial charge is 0.216 e. The number of hydrogen-bond donors (Lipinski definition) is 3. The zero-order valence-electron chi connectivity index (χ0n) is 9.86. The second-order valence-corrected chi connectivity index (χ2v) is 4.39. The maximum absolute atomic E-state index is 13.5. The molecule has 1 amide bonds. The largest absolute Gasteiger partial charge is 0.390 e. The molecular formula is C12H15ClFNO3. The molecular weight excluding hydrogens is 261 g/mol. The first-order valence-corrected chi connectivity index (χ1v) is 5.85. The van der Waals surface area contributed by atoms with Gasteiger partial charge >= 0.3 is 0 Å². The van der Waals surface area contributed by atoms with E-state index < -0.39 is 18.0 Å². The molecule has 4 nitrogen and oxygen atoms in total. The number of amides is 1. The molecule has 0 spiro atoms. The van der Waals surface area contributed by atoms with Crippen molar-refractivity contribution in [3.63, 3.8) is 0 Å². The molecule has 2 atom stereocenters. The number of aliphatic hydroxyl groups is 2. The van der Waals surface area contributed by atoms with Crippen LogP contribution in [0.1, 0.15) is 25.0 Å². The molecule has 0 saturated carbocycles. The van der Waals surface area contributed by atoms with E-state index in [4.69, 9.17) is 11.6 Å². The monoisotopic (exact) mass is 275 g/mol. The minimum Gasteiger partial charge on any atom is -0.390 e. The molecule has 0 aliphatic rings. The predicted molar refractivity (Wildman–Crippen MR) is 65.7 cm³/mol. The van der Waals surface area contributed by atoms with Crippen molar-refractivity contribution in [2.75, 3.05) is 6.54 Å². The molecule has 0 aromatic heterocycles. The highest BCUT2D eigenvalue weighted by molar-refractivity contribution is 6.30. The Morgan fingerprint density at radius 3 is 2.72 bits per heavy atom. The molecule has 18 heavy (non-hydrogen) atoms. The van der Waals surface area contributed by atoms with Gasteiger partial charge in [-0.1, -0.05) is 17.7 Å². The summed E-state index contributed by atoms with van der Waals surface area (Å²) in [5, 5.41) is 22.2. The lowest BCUT2D eigenvalue weighted by molar-refractivity contribution is -0.119. The minimum absolute atomic E-state index is 0.0188. The Balaban J connectivity index is 2.62. The Labute approximate surface area is 109 Å². The molecule has 0 radical (unpaired) electrons. The van der Waals surface area contributed by atoms with Crippen molar-refractivity contribution in [2.45, 2.75) is 25.6 Å². The van der Waals surface area contributed by atoms with E-state index >= 15 is 0 Å². The zero-order chi connectivity index (χ0) is 13.7. The van der Waals surface area contributed by atoms with E-state index in [0.29, 0.717) is 0 Å². The van der Waals surface area contributed by atoms with Crippen molar-refractivity contribution < 1.29 is 19.4 Å². The molecule has 0 heterocycles. The quantitative estimate of drug-likeness (QED) is 0.761. The fourth-order valence-electron chi connectivity index (χ4n) is 1.50.